The van der Waals surface area contributed by atoms with Crippen LogP contribution in [0.15, 0.2) is 36.5 Å². The van der Waals surface area contributed by atoms with E-state index in [1.54, 1.807) is 24.3 Å². The van der Waals surface area contributed by atoms with Crippen molar-refractivity contribution >= 4 is 17.7 Å². The maximum atomic E-state index is 10.7. The maximum Gasteiger partial charge on any atom is 0.410 e. The van der Waals surface area contributed by atoms with Crippen LogP contribution >= 0.6 is 11.6 Å². The van der Waals surface area contributed by atoms with Crippen molar-refractivity contribution in [2.75, 3.05) is 0 Å². The molecule has 6 nitrogen and oxygen atoms in total. The predicted octanol–water partition coefficient (Wildman–Crippen LogP) is 3.08. The van der Waals surface area contributed by atoms with Crippen LogP contribution < -0.4 is 10.5 Å². The highest BCUT2D eigenvalue weighted by molar-refractivity contribution is 6.30. The highest BCUT2D eigenvalue weighted by Gasteiger charge is 2.32. The quantitative estimate of drug-likeness (QED) is 0.884. The van der Waals surface area contributed by atoms with Crippen LogP contribution in [0.3, 0.4) is 0 Å². The molecule has 1 atom stereocenters. The molecule has 7 heteroatoms. The van der Waals surface area contributed by atoms with Gasteiger partial charge in [-0.25, -0.2) is 4.79 Å². The summed E-state index contributed by atoms with van der Waals surface area (Å²) in [5, 5.41) is 20.2. The van der Waals surface area contributed by atoms with Gasteiger partial charge in [0.25, 0.3) is 0 Å². The van der Waals surface area contributed by atoms with Crippen molar-refractivity contribution < 1.29 is 14.6 Å². The number of carbonyl (C=O) groups excluding carboxylic acids is 1. The van der Waals surface area contributed by atoms with Crippen molar-refractivity contribution in [1.82, 2.24) is 4.98 Å². The van der Waals surface area contributed by atoms with Crippen molar-refractivity contribution in [3.63, 3.8) is 0 Å². The lowest BCUT2D eigenvalue weighted by Gasteiger charge is -2.31. The highest BCUT2D eigenvalue weighted by atomic mass is 35.5. The fourth-order valence-corrected chi connectivity index (χ4v) is 2.52. The SMILES string of the molecule is CC(C)(c1cc(Cl)cc(C#N)c1)C(O)c1ccc(OC(N)=O)cn1. The smallest absolute Gasteiger partial charge is 0.409 e. The first-order valence-electron chi connectivity index (χ1n) is 7.06. The minimum absolute atomic E-state index is 0.186. The minimum atomic E-state index is -0.967. The number of hydrogen-bond donors (Lipinski definition) is 2. The molecule has 124 valence electrons. The number of pyridine rings is 1. The molecule has 1 heterocycles. The zero-order valence-electron chi connectivity index (χ0n) is 13.2. The van der Waals surface area contributed by atoms with Crippen LogP contribution in [0.4, 0.5) is 4.79 Å². The molecule has 1 aromatic heterocycles. The molecular formula is C17H16ClN3O3. The summed E-state index contributed by atoms with van der Waals surface area (Å²) < 4.78 is 4.71. The topological polar surface area (TPSA) is 109 Å². The van der Waals surface area contributed by atoms with E-state index in [9.17, 15) is 9.90 Å². The van der Waals surface area contributed by atoms with Gasteiger partial charge >= 0.3 is 6.09 Å². The molecule has 1 aromatic carbocycles. The zero-order valence-corrected chi connectivity index (χ0v) is 13.9. The number of aliphatic hydroxyl groups excluding tert-OH is 1. The van der Waals surface area contributed by atoms with E-state index in [-0.39, 0.29) is 5.75 Å². The Morgan fingerprint density at radius 2 is 2.12 bits per heavy atom. The minimum Gasteiger partial charge on any atom is -0.409 e. The standard InChI is InChI=1S/C17H16ClN3O3/c1-17(2,11-5-10(8-19)6-12(18)7-11)15(22)14-4-3-13(9-21-14)24-16(20)23/h3-7,9,15,22H,1-2H3,(H2,20,23). The molecule has 0 bridgehead atoms. The second-order valence-electron chi connectivity index (χ2n) is 5.80. The maximum absolute atomic E-state index is 10.7. The lowest BCUT2D eigenvalue weighted by Crippen LogP contribution is -2.27. The van der Waals surface area contributed by atoms with Crippen LogP contribution in [0.2, 0.25) is 5.02 Å². The number of nitrogens with zero attached hydrogens (tertiary/aromatic N) is 2. The van der Waals surface area contributed by atoms with Crippen molar-refractivity contribution in [2.24, 2.45) is 5.73 Å². The normalized spacial score (nSPS) is 12.3. The Balaban J connectivity index is 2.33. The van der Waals surface area contributed by atoms with Crippen molar-refractivity contribution in [3.05, 3.63) is 58.4 Å². The Hall–Kier alpha value is -2.62. The third-order valence-electron chi connectivity index (χ3n) is 3.71. The summed E-state index contributed by atoms with van der Waals surface area (Å²) in [5.74, 6) is 0.186. The largest absolute Gasteiger partial charge is 0.410 e. The summed E-state index contributed by atoms with van der Waals surface area (Å²) >= 11 is 6.05. The summed E-state index contributed by atoms with van der Waals surface area (Å²) in [7, 11) is 0. The molecule has 0 saturated carbocycles. The monoisotopic (exact) mass is 345 g/mol. The van der Waals surface area contributed by atoms with E-state index in [4.69, 9.17) is 27.3 Å². The number of rotatable bonds is 4. The second kappa shape index (κ2) is 6.87. The van der Waals surface area contributed by atoms with Gasteiger partial charge in [0.15, 0.2) is 5.75 Å². The van der Waals surface area contributed by atoms with E-state index in [0.717, 1.165) is 0 Å². The first-order chi connectivity index (χ1) is 11.2. The third-order valence-corrected chi connectivity index (χ3v) is 3.93. The van der Waals surface area contributed by atoms with Crippen molar-refractivity contribution in [3.8, 4) is 11.8 Å². The van der Waals surface area contributed by atoms with Gasteiger partial charge in [0.05, 0.1) is 23.5 Å². The molecule has 0 saturated heterocycles. The van der Waals surface area contributed by atoms with Crippen LogP contribution in [0.5, 0.6) is 5.75 Å². The molecule has 3 N–H and O–H groups in total. The number of ether oxygens (including phenoxy) is 1. The van der Waals surface area contributed by atoms with Gasteiger partial charge in [-0.15, -0.1) is 0 Å². The van der Waals surface area contributed by atoms with Gasteiger partial charge in [-0.2, -0.15) is 5.26 Å². The molecule has 0 spiro atoms. The number of nitrogens with two attached hydrogens (primary N) is 1. The summed E-state index contributed by atoms with van der Waals surface area (Å²) in [4.78, 5) is 14.8. The summed E-state index contributed by atoms with van der Waals surface area (Å²) in [6.07, 6.45) is -0.600. The Morgan fingerprint density at radius 3 is 2.67 bits per heavy atom. The molecule has 0 radical (unpaired) electrons. The lowest BCUT2D eigenvalue weighted by atomic mass is 9.77. The van der Waals surface area contributed by atoms with Gasteiger partial charge in [0.1, 0.15) is 6.10 Å². The molecule has 1 unspecified atom stereocenters. The number of hydrogen-bond acceptors (Lipinski definition) is 5. The van der Waals surface area contributed by atoms with E-state index >= 15 is 0 Å². The molecule has 0 fully saturated rings. The molecule has 0 aliphatic rings. The van der Waals surface area contributed by atoms with Crippen molar-refractivity contribution in [2.45, 2.75) is 25.4 Å². The Kier molecular flexibility index (Phi) is 5.07. The first kappa shape index (κ1) is 17.7. The van der Waals surface area contributed by atoms with E-state index < -0.39 is 17.6 Å². The predicted molar refractivity (Wildman–Crippen MR) is 88.6 cm³/mol. The van der Waals surface area contributed by atoms with E-state index in [1.807, 2.05) is 19.9 Å². The second-order valence-corrected chi connectivity index (χ2v) is 6.24. The highest BCUT2D eigenvalue weighted by Crippen LogP contribution is 2.37. The molecular weight excluding hydrogens is 330 g/mol. The Labute approximate surface area is 144 Å². The van der Waals surface area contributed by atoms with Gasteiger partial charge in [-0.1, -0.05) is 25.4 Å². The number of halogens is 1. The fraction of sp³-hybridized carbons (Fsp3) is 0.235. The Morgan fingerprint density at radius 1 is 1.42 bits per heavy atom. The number of amides is 1. The summed E-state index contributed by atoms with van der Waals surface area (Å²) in [6, 6.07) is 10.0. The molecule has 2 aromatic rings. The number of primary amides is 1. The average molecular weight is 346 g/mol. The summed E-state index contributed by atoms with van der Waals surface area (Å²) in [5.41, 5.74) is 5.68. The van der Waals surface area contributed by atoms with Gasteiger partial charge in [0.2, 0.25) is 0 Å². The van der Waals surface area contributed by atoms with E-state index in [0.29, 0.717) is 21.8 Å². The molecule has 1 amide bonds. The Bertz CT molecular complexity index is 798. The first-order valence-corrected chi connectivity index (χ1v) is 7.44. The van der Waals surface area contributed by atoms with Gasteiger partial charge in [-0.3, -0.25) is 4.98 Å². The van der Waals surface area contributed by atoms with Gasteiger partial charge in [-0.05, 0) is 35.9 Å². The molecule has 0 aliphatic carbocycles. The third kappa shape index (κ3) is 3.82. The lowest BCUT2D eigenvalue weighted by molar-refractivity contribution is 0.0960. The number of nitriles is 1. The number of benzene rings is 1. The van der Waals surface area contributed by atoms with Crippen molar-refractivity contribution in [1.29, 1.82) is 5.26 Å². The van der Waals surface area contributed by atoms with Crippen LogP contribution in [0, 0.1) is 11.3 Å². The summed E-state index contributed by atoms with van der Waals surface area (Å²) in [6.45, 7) is 3.64. The molecule has 0 aliphatic heterocycles. The molecule has 24 heavy (non-hydrogen) atoms. The van der Waals surface area contributed by atoms with Gasteiger partial charge in [0, 0.05) is 10.4 Å². The fourth-order valence-electron chi connectivity index (χ4n) is 2.28. The molecule has 2 rings (SSSR count). The van der Waals surface area contributed by atoms with Crippen LogP contribution in [-0.2, 0) is 5.41 Å². The van der Waals surface area contributed by atoms with Crippen LogP contribution in [0.1, 0.15) is 36.8 Å². The number of aliphatic hydroxyl groups is 1. The zero-order chi connectivity index (χ0) is 17.9. The van der Waals surface area contributed by atoms with Crippen LogP contribution in [0.25, 0.3) is 0 Å². The van der Waals surface area contributed by atoms with Crippen LogP contribution in [-0.4, -0.2) is 16.2 Å². The van der Waals surface area contributed by atoms with E-state index in [1.165, 1.54) is 12.3 Å². The van der Waals surface area contributed by atoms with E-state index in [2.05, 4.69) is 4.98 Å². The average Bonchev–Trinajstić information content (AvgIpc) is 2.53. The van der Waals surface area contributed by atoms with Gasteiger partial charge < -0.3 is 15.6 Å². The number of carbonyl (C=O) groups is 1. The number of aromatic nitrogens is 1.